The van der Waals surface area contributed by atoms with Crippen LogP contribution in [0.2, 0.25) is 0 Å². The van der Waals surface area contributed by atoms with E-state index in [0.29, 0.717) is 39.8 Å². The number of carbonyl (C=O) groups is 1. The van der Waals surface area contributed by atoms with E-state index >= 15 is 0 Å². The van der Waals surface area contributed by atoms with E-state index in [9.17, 15) is 13.2 Å². The molecule has 2 aromatic carbocycles. The van der Waals surface area contributed by atoms with Crippen LogP contribution < -0.4 is 23.8 Å². The number of nitrogens with zero attached hydrogens (tertiary/aromatic N) is 1. The molecule has 1 aliphatic rings. The summed E-state index contributed by atoms with van der Waals surface area (Å²) in [5.74, 6) is 0.543. The largest absolute Gasteiger partial charge is 0.495 e. The number of allylic oxidation sites excluding steroid dienone is 1. The fourth-order valence-corrected chi connectivity index (χ4v) is 5.41. The number of sulfonamides is 1. The van der Waals surface area contributed by atoms with Gasteiger partial charge in [0.15, 0.2) is 16.4 Å². The van der Waals surface area contributed by atoms with Crippen LogP contribution in [-0.4, -0.2) is 42.2 Å². The van der Waals surface area contributed by atoms with Crippen LogP contribution in [-0.2, 0) is 14.8 Å². The van der Waals surface area contributed by atoms with Crippen LogP contribution in [0.25, 0.3) is 5.57 Å². The summed E-state index contributed by atoms with van der Waals surface area (Å²) in [6.45, 7) is 5.32. The maximum Gasteiger partial charge on any atom is 0.270 e. The number of nitrogens with one attached hydrogen (secondary N) is 1. The molecule has 8 nitrogen and oxygen atoms in total. The minimum absolute atomic E-state index is 0.142. The Hall–Kier alpha value is -3.20. The SMILES string of the molecule is CCN1c2cc(OC)c(OC)cc2C(C)=C(C(=O)Nc2cc(C)ccc2OC)S1(=O)=O. The number of carbonyl (C=O) groups excluding carboxylic acids is 1. The second-order valence-corrected chi connectivity index (χ2v) is 8.81. The van der Waals surface area contributed by atoms with Crippen LogP contribution in [0.5, 0.6) is 17.2 Å². The van der Waals surface area contributed by atoms with Crippen molar-refractivity contribution in [2.75, 3.05) is 37.5 Å². The summed E-state index contributed by atoms with van der Waals surface area (Å²) in [6, 6.07) is 8.57. The lowest BCUT2D eigenvalue weighted by molar-refractivity contribution is -0.112. The van der Waals surface area contributed by atoms with E-state index in [1.165, 1.54) is 25.6 Å². The Kier molecular flexibility index (Phi) is 6.17. The Morgan fingerprint density at radius 3 is 2.16 bits per heavy atom. The van der Waals surface area contributed by atoms with Gasteiger partial charge in [0.25, 0.3) is 15.9 Å². The van der Waals surface area contributed by atoms with Gasteiger partial charge in [-0.15, -0.1) is 0 Å². The Morgan fingerprint density at radius 2 is 1.58 bits per heavy atom. The van der Waals surface area contributed by atoms with Gasteiger partial charge in [-0.2, -0.15) is 0 Å². The fraction of sp³-hybridized carbons (Fsp3) is 0.318. The lowest BCUT2D eigenvalue weighted by atomic mass is 10.0. The predicted octanol–water partition coefficient (Wildman–Crippen LogP) is 3.56. The van der Waals surface area contributed by atoms with Crippen molar-refractivity contribution in [3.05, 3.63) is 46.4 Å². The molecular formula is C22H26N2O6S. The van der Waals surface area contributed by atoms with E-state index in [-0.39, 0.29) is 11.4 Å². The van der Waals surface area contributed by atoms with Crippen LogP contribution in [0.15, 0.2) is 35.2 Å². The zero-order chi connectivity index (χ0) is 22.9. The van der Waals surface area contributed by atoms with Gasteiger partial charge in [-0.25, -0.2) is 8.42 Å². The first-order chi connectivity index (χ1) is 14.7. The van der Waals surface area contributed by atoms with Crippen molar-refractivity contribution in [1.82, 2.24) is 0 Å². The summed E-state index contributed by atoms with van der Waals surface area (Å²) in [4.78, 5) is 12.9. The van der Waals surface area contributed by atoms with Gasteiger partial charge in [-0.05, 0) is 50.1 Å². The Balaban J connectivity index is 2.19. The number of ether oxygens (including phenoxy) is 3. The molecule has 9 heteroatoms. The topological polar surface area (TPSA) is 94.2 Å². The summed E-state index contributed by atoms with van der Waals surface area (Å²) < 4.78 is 44.1. The molecular weight excluding hydrogens is 420 g/mol. The molecule has 31 heavy (non-hydrogen) atoms. The van der Waals surface area contributed by atoms with Gasteiger partial charge in [0, 0.05) is 18.2 Å². The standard InChI is InChI=1S/C22H26N2O6S/c1-7-24-17-12-20(30-6)19(29-5)11-15(17)14(3)21(31(24,26)27)22(25)23-16-10-13(2)8-9-18(16)28-4/h8-12H,7H2,1-6H3,(H,23,25). The zero-order valence-electron chi connectivity index (χ0n) is 18.4. The van der Waals surface area contributed by atoms with Crippen molar-refractivity contribution < 1.29 is 27.4 Å². The van der Waals surface area contributed by atoms with Crippen LogP contribution in [0.4, 0.5) is 11.4 Å². The van der Waals surface area contributed by atoms with E-state index in [2.05, 4.69) is 5.32 Å². The maximum absolute atomic E-state index is 13.4. The molecule has 1 aliphatic heterocycles. The predicted molar refractivity (Wildman–Crippen MR) is 120 cm³/mol. The van der Waals surface area contributed by atoms with Crippen LogP contribution in [0.1, 0.15) is 25.0 Å². The molecule has 0 radical (unpaired) electrons. The van der Waals surface area contributed by atoms with Crippen molar-refractivity contribution in [2.24, 2.45) is 0 Å². The molecule has 166 valence electrons. The second-order valence-electron chi connectivity index (χ2n) is 7.01. The molecule has 0 unspecified atom stereocenters. The number of amides is 1. The molecule has 0 atom stereocenters. The van der Waals surface area contributed by atoms with E-state index in [1.807, 2.05) is 13.0 Å². The fourth-order valence-electron chi connectivity index (χ4n) is 3.66. The zero-order valence-corrected chi connectivity index (χ0v) is 19.2. The number of methoxy groups -OCH3 is 3. The first-order valence-electron chi connectivity index (χ1n) is 9.65. The summed E-state index contributed by atoms with van der Waals surface area (Å²) in [5, 5.41) is 2.70. The first-order valence-corrected chi connectivity index (χ1v) is 11.1. The molecule has 0 fully saturated rings. The lowest BCUT2D eigenvalue weighted by Gasteiger charge is -2.32. The first kappa shape index (κ1) is 22.5. The van der Waals surface area contributed by atoms with E-state index < -0.39 is 15.9 Å². The Bertz CT molecular complexity index is 1170. The van der Waals surface area contributed by atoms with Gasteiger partial charge in [0.1, 0.15) is 5.75 Å². The number of hydrogen-bond donors (Lipinski definition) is 1. The highest BCUT2D eigenvalue weighted by Crippen LogP contribution is 2.45. The number of benzene rings is 2. The van der Waals surface area contributed by atoms with Gasteiger partial charge in [0.2, 0.25) is 0 Å². The number of rotatable bonds is 6. The van der Waals surface area contributed by atoms with Crippen molar-refractivity contribution >= 4 is 32.9 Å². The number of hydrogen-bond acceptors (Lipinski definition) is 6. The van der Waals surface area contributed by atoms with Crippen molar-refractivity contribution in [2.45, 2.75) is 20.8 Å². The average Bonchev–Trinajstić information content (AvgIpc) is 2.72. The summed E-state index contributed by atoms with van der Waals surface area (Å²) >= 11 is 0. The number of aryl methyl sites for hydroxylation is 1. The van der Waals surface area contributed by atoms with Gasteiger partial charge >= 0.3 is 0 Å². The van der Waals surface area contributed by atoms with E-state index in [4.69, 9.17) is 14.2 Å². The smallest absolute Gasteiger partial charge is 0.270 e. The number of fused-ring (bicyclic) bond motifs is 1. The molecule has 1 heterocycles. The minimum atomic E-state index is -4.11. The highest BCUT2D eigenvalue weighted by molar-refractivity contribution is 7.97. The van der Waals surface area contributed by atoms with E-state index in [0.717, 1.165) is 5.56 Å². The maximum atomic E-state index is 13.4. The highest BCUT2D eigenvalue weighted by atomic mass is 32.2. The highest BCUT2D eigenvalue weighted by Gasteiger charge is 2.39. The van der Waals surface area contributed by atoms with Gasteiger partial charge < -0.3 is 19.5 Å². The monoisotopic (exact) mass is 446 g/mol. The van der Waals surface area contributed by atoms with Crippen molar-refractivity contribution in [1.29, 1.82) is 0 Å². The molecule has 3 rings (SSSR count). The normalized spacial score (nSPS) is 14.7. The third-order valence-electron chi connectivity index (χ3n) is 5.16. The van der Waals surface area contributed by atoms with Gasteiger partial charge in [-0.3, -0.25) is 9.10 Å². The molecule has 0 saturated carbocycles. The van der Waals surface area contributed by atoms with Crippen LogP contribution >= 0.6 is 0 Å². The Labute approximate surface area is 182 Å². The molecule has 0 saturated heterocycles. The molecule has 0 aromatic heterocycles. The molecule has 1 N–H and O–H groups in total. The lowest BCUT2D eigenvalue weighted by Crippen LogP contribution is -2.39. The quantitative estimate of drug-likeness (QED) is 0.729. The van der Waals surface area contributed by atoms with Crippen LogP contribution in [0, 0.1) is 6.92 Å². The summed E-state index contributed by atoms with van der Waals surface area (Å²) in [5.41, 5.74) is 2.62. The number of anilines is 2. The molecule has 1 amide bonds. The summed E-state index contributed by atoms with van der Waals surface area (Å²) in [6.07, 6.45) is 0. The van der Waals surface area contributed by atoms with Gasteiger partial charge in [0.05, 0.1) is 32.7 Å². The van der Waals surface area contributed by atoms with Gasteiger partial charge in [-0.1, -0.05) is 6.07 Å². The van der Waals surface area contributed by atoms with E-state index in [1.54, 1.807) is 38.1 Å². The molecule has 2 aromatic rings. The molecule has 0 bridgehead atoms. The van der Waals surface area contributed by atoms with Crippen molar-refractivity contribution in [3.63, 3.8) is 0 Å². The molecule has 0 aliphatic carbocycles. The van der Waals surface area contributed by atoms with Crippen LogP contribution in [0.3, 0.4) is 0 Å². The third-order valence-corrected chi connectivity index (χ3v) is 7.20. The average molecular weight is 447 g/mol. The van der Waals surface area contributed by atoms with Crippen molar-refractivity contribution in [3.8, 4) is 17.2 Å². The third kappa shape index (κ3) is 3.81. The second kappa shape index (κ2) is 8.50. The Morgan fingerprint density at radius 1 is 0.968 bits per heavy atom. The minimum Gasteiger partial charge on any atom is -0.495 e. The molecule has 0 spiro atoms. The summed E-state index contributed by atoms with van der Waals surface area (Å²) in [7, 11) is 0.355.